The third kappa shape index (κ3) is 6.63. The standard InChI is InChI=1S/C30H25F3O7/c1-4-36-23-14-8-19(16-25(23)37-5-2)9-15-26(34)38-21-12-13-22-24(17-21)40-29(30(31,32)33)28(27(22)35)39-20-10-6-18(3)7-11-20/h6-17H,4-5H2,1-3H3. The van der Waals surface area contributed by atoms with E-state index in [2.05, 4.69) is 0 Å². The van der Waals surface area contributed by atoms with Gasteiger partial charge in [-0.1, -0.05) is 23.8 Å². The highest BCUT2D eigenvalue weighted by Crippen LogP contribution is 2.38. The fraction of sp³-hybridized carbons (Fsp3) is 0.200. The predicted molar refractivity (Wildman–Crippen MR) is 142 cm³/mol. The molecule has 4 rings (SSSR count). The lowest BCUT2D eigenvalue weighted by molar-refractivity contribution is -0.154. The molecule has 0 saturated carbocycles. The van der Waals surface area contributed by atoms with Crippen LogP contribution in [0.2, 0.25) is 0 Å². The first-order chi connectivity index (χ1) is 19.1. The van der Waals surface area contributed by atoms with E-state index in [0.717, 1.165) is 17.7 Å². The van der Waals surface area contributed by atoms with Crippen LogP contribution in [0.15, 0.2) is 76.0 Å². The van der Waals surface area contributed by atoms with E-state index in [1.54, 1.807) is 37.3 Å². The minimum absolute atomic E-state index is 0.0426. The maximum atomic E-state index is 13.8. The van der Waals surface area contributed by atoms with Crippen LogP contribution in [0, 0.1) is 6.92 Å². The largest absolute Gasteiger partial charge is 0.490 e. The zero-order valence-corrected chi connectivity index (χ0v) is 21.8. The van der Waals surface area contributed by atoms with Gasteiger partial charge in [0.15, 0.2) is 11.5 Å². The van der Waals surface area contributed by atoms with Gasteiger partial charge in [0.2, 0.25) is 11.2 Å². The second-order valence-electron chi connectivity index (χ2n) is 8.49. The number of benzene rings is 3. The van der Waals surface area contributed by atoms with E-state index in [1.165, 1.54) is 30.3 Å². The topological polar surface area (TPSA) is 84.2 Å². The summed E-state index contributed by atoms with van der Waals surface area (Å²) in [6, 6.07) is 14.8. The SMILES string of the molecule is CCOc1ccc(C=CC(=O)Oc2ccc3c(=O)c(Oc4ccc(C)cc4)c(C(F)(F)F)oc3c2)cc1OCC. The number of esters is 1. The molecular weight excluding hydrogens is 529 g/mol. The van der Waals surface area contributed by atoms with Crippen molar-refractivity contribution in [2.24, 2.45) is 0 Å². The molecular formula is C30H25F3O7. The molecule has 208 valence electrons. The lowest BCUT2D eigenvalue weighted by Crippen LogP contribution is -2.15. The fourth-order valence-electron chi connectivity index (χ4n) is 3.71. The third-order valence-electron chi connectivity index (χ3n) is 5.52. The minimum Gasteiger partial charge on any atom is -0.490 e. The average Bonchev–Trinajstić information content (AvgIpc) is 2.91. The number of carbonyl (C=O) groups excluding carboxylic acids is 1. The Balaban J connectivity index is 1.59. The molecule has 0 spiro atoms. The molecule has 10 heteroatoms. The zero-order chi connectivity index (χ0) is 28.9. The molecule has 7 nitrogen and oxygen atoms in total. The molecule has 0 aliphatic rings. The van der Waals surface area contributed by atoms with Gasteiger partial charge in [0.05, 0.1) is 18.6 Å². The van der Waals surface area contributed by atoms with Crippen LogP contribution < -0.4 is 24.4 Å². The summed E-state index contributed by atoms with van der Waals surface area (Å²) in [7, 11) is 0. The van der Waals surface area contributed by atoms with Gasteiger partial charge in [0.25, 0.3) is 5.76 Å². The summed E-state index contributed by atoms with van der Waals surface area (Å²) in [5.74, 6) is -2.40. The normalized spacial score (nSPS) is 11.6. The van der Waals surface area contributed by atoms with E-state index in [4.69, 9.17) is 23.4 Å². The van der Waals surface area contributed by atoms with Gasteiger partial charge >= 0.3 is 12.1 Å². The number of rotatable bonds is 9. The Morgan fingerprint density at radius 3 is 2.25 bits per heavy atom. The van der Waals surface area contributed by atoms with Crippen molar-refractivity contribution in [3.63, 3.8) is 0 Å². The molecule has 0 atom stereocenters. The number of fused-ring (bicyclic) bond motifs is 1. The highest BCUT2D eigenvalue weighted by atomic mass is 19.4. The van der Waals surface area contributed by atoms with Crippen LogP contribution in [0.5, 0.6) is 28.7 Å². The first-order valence-electron chi connectivity index (χ1n) is 12.3. The molecule has 4 aromatic rings. The number of ether oxygens (including phenoxy) is 4. The Morgan fingerprint density at radius 2 is 1.57 bits per heavy atom. The third-order valence-corrected chi connectivity index (χ3v) is 5.52. The van der Waals surface area contributed by atoms with Gasteiger partial charge in [-0.15, -0.1) is 0 Å². The van der Waals surface area contributed by atoms with Gasteiger partial charge in [0, 0.05) is 12.1 Å². The van der Waals surface area contributed by atoms with Crippen molar-refractivity contribution in [1.82, 2.24) is 0 Å². The van der Waals surface area contributed by atoms with Crippen LogP contribution in [0.3, 0.4) is 0 Å². The molecule has 0 amide bonds. The van der Waals surface area contributed by atoms with Crippen molar-refractivity contribution in [1.29, 1.82) is 0 Å². The number of hydrogen-bond donors (Lipinski definition) is 0. The van der Waals surface area contributed by atoms with Crippen molar-refractivity contribution in [2.75, 3.05) is 13.2 Å². The monoisotopic (exact) mass is 554 g/mol. The van der Waals surface area contributed by atoms with E-state index in [1.807, 2.05) is 13.8 Å². The number of halogens is 3. The second-order valence-corrected chi connectivity index (χ2v) is 8.49. The molecule has 0 bridgehead atoms. The van der Waals surface area contributed by atoms with E-state index in [0.29, 0.717) is 30.3 Å². The summed E-state index contributed by atoms with van der Waals surface area (Å²) in [5, 5.41) is -0.178. The summed E-state index contributed by atoms with van der Waals surface area (Å²) >= 11 is 0. The Hall–Kier alpha value is -4.73. The number of aryl methyl sites for hydroxylation is 1. The van der Waals surface area contributed by atoms with Gasteiger partial charge in [-0.25, -0.2) is 4.79 Å². The maximum Gasteiger partial charge on any atom is 0.453 e. The van der Waals surface area contributed by atoms with E-state index in [-0.39, 0.29) is 16.9 Å². The summed E-state index contributed by atoms with van der Waals surface area (Å²) in [6.45, 7) is 6.35. The van der Waals surface area contributed by atoms with Crippen LogP contribution in [-0.4, -0.2) is 19.2 Å². The van der Waals surface area contributed by atoms with Crippen LogP contribution in [0.4, 0.5) is 13.2 Å². The molecule has 0 radical (unpaired) electrons. The quantitative estimate of drug-likeness (QED) is 0.122. The Labute approximate surface area is 227 Å². The summed E-state index contributed by atoms with van der Waals surface area (Å²) in [4.78, 5) is 25.4. The van der Waals surface area contributed by atoms with Gasteiger partial charge in [-0.2, -0.15) is 13.2 Å². The number of alkyl halides is 3. The Kier molecular flexibility index (Phi) is 8.47. The van der Waals surface area contributed by atoms with E-state index >= 15 is 0 Å². The molecule has 0 saturated heterocycles. The number of hydrogen-bond acceptors (Lipinski definition) is 7. The van der Waals surface area contributed by atoms with Crippen LogP contribution in [0.25, 0.3) is 17.0 Å². The van der Waals surface area contributed by atoms with Crippen molar-refractivity contribution in [3.8, 4) is 28.7 Å². The molecule has 40 heavy (non-hydrogen) atoms. The highest BCUT2D eigenvalue weighted by Gasteiger charge is 2.40. The highest BCUT2D eigenvalue weighted by molar-refractivity contribution is 5.89. The first-order valence-corrected chi connectivity index (χ1v) is 12.3. The predicted octanol–water partition coefficient (Wildman–Crippen LogP) is 7.33. The van der Waals surface area contributed by atoms with Crippen molar-refractivity contribution in [3.05, 3.63) is 93.9 Å². The van der Waals surface area contributed by atoms with Gasteiger partial charge in [-0.05, 0) is 68.8 Å². The number of carbonyl (C=O) groups is 1. The molecule has 0 aliphatic carbocycles. The van der Waals surface area contributed by atoms with Crippen LogP contribution >= 0.6 is 0 Å². The maximum absolute atomic E-state index is 13.8. The zero-order valence-electron chi connectivity index (χ0n) is 21.8. The van der Waals surface area contributed by atoms with Crippen molar-refractivity contribution in [2.45, 2.75) is 26.9 Å². The van der Waals surface area contributed by atoms with Crippen molar-refractivity contribution < 1.29 is 41.3 Å². The molecule has 0 aliphatic heterocycles. The molecule has 0 N–H and O–H groups in total. The second kappa shape index (κ2) is 12.0. The summed E-state index contributed by atoms with van der Waals surface area (Å²) in [5.41, 5.74) is 0.0492. The van der Waals surface area contributed by atoms with Gasteiger partial charge in [-0.3, -0.25) is 4.79 Å². The van der Waals surface area contributed by atoms with E-state index < -0.39 is 34.7 Å². The average molecular weight is 555 g/mol. The molecule has 3 aromatic carbocycles. The summed E-state index contributed by atoms with van der Waals surface area (Å²) in [6.07, 6.45) is -2.40. The van der Waals surface area contributed by atoms with Gasteiger partial charge in [0.1, 0.15) is 17.1 Å². The van der Waals surface area contributed by atoms with Crippen LogP contribution in [-0.2, 0) is 11.0 Å². The molecule has 0 unspecified atom stereocenters. The Bertz CT molecular complexity index is 1600. The molecule has 0 fully saturated rings. The Morgan fingerprint density at radius 1 is 0.900 bits per heavy atom. The molecule has 1 heterocycles. The summed E-state index contributed by atoms with van der Waals surface area (Å²) < 4.78 is 68.1. The van der Waals surface area contributed by atoms with Gasteiger partial charge < -0.3 is 23.4 Å². The first kappa shape index (κ1) is 28.3. The van der Waals surface area contributed by atoms with Crippen LogP contribution in [0.1, 0.15) is 30.7 Å². The lowest BCUT2D eigenvalue weighted by atomic mass is 10.2. The minimum atomic E-state index is -5.03. The van der Waals surface area contributed by atoms with Crippen molar-refractivity contribution >= 4 is 23.0 Å². The fourth-order valence-corrected chi connectivity index (χ4v) is 3.71. The van der Waals surface area contributed by atoms with E-state index in [9.17, 15) is 22.8 Å². The lowest BCUT2D eigenvalue weighted by Gasteiger charge is -2.13. The smallest absolute Gasteiger partial charge is 0.453 e. The molecule has 1 aromatic heterocycles.